The summed E-state index contributed by atoms with van der Waals surface area (Å²) in [5.41, 5.74) is 1.38. The van der Waals surface area contributed by atoms with Gasteiger partial charge in [-0.25, -0.2) is 4.68 Å². The molecule has 1 saturated heterocycles. The topological polar surface area (TPSA) is 84.7 Å². The second kappa shape index (κ2) is 5.79. The van der Waals surface area contributed by atoms with Crippen LogP contribution in [0.3, 0.4) is 0 Å². The van der Waals surface area contributed by atoms with Crippen LogP contribution in [0.15, 0.2) is 30.6 Å². The van der Waals surface area contributed by atoms with E-state index in [1.807, 2.05) is 12.1 Å². The molecular weight excluding hydrogens is 256 g/mol. The van der Waals surface area contributed by atoms with E-state index in [0.29, 0.717) is 5.56 Å². The molecule has 0 unspecified atom stereocenters. The van der Waals surface area contributed by atoms with Crippen molar-refractivity contribution in [3.05, 3.63) is 36.2 Å². The zero-order valence-electron chi connectivity index (χ0n) is 11.0. The highest BCUT2D eigenvalue weighted by atomic mass is 16.1. The molecular formula is C13H16N6O. The third-order valence-corrected chi connectivity index (χ3v) is 3.35. The Morgan fingerprint density at radius 2 is 2.40 bits per heavy atom. The Labute approximate surface area is 116 Å². The van der Waals surface area contributed by atoms with Crippen molar-refractivity contribution < 1.29 is 4.79 Å². The molecule has 1 atom stereocenters. The molecule has 1 aromatic heterocycles. The number of nitrogens with one attached hydrogen (secondary N) is 2. The average Bonchev–Trinajstić information content (AvgIpc) is 3.03. The summed E-state index contributed by atoms with van der Waals surface area (Å²) in [6, 6.07) is 7.45. The van der Waals surface area contributed by atoms with Gasteiger partial charge < -0.3 is 10.6 Å². The zero-order chi connectivity index (χ0) is 13.8. The molecule has 1 aromatic carbocycles. The molecule has 1 amide bonds. The molecule has 2 heterocycles. The number of aromatic nitrogens is 4. The minimum absolute atomic E-state index is 0.0615. The first kappa shape index (κ1) is 12.7. The first-order valence-corrected chi connectivity index (χ1v) is 6.68. The molecule has 20 heavy (non-hydrogen) atoms. The van der Waals surface area contributed by atoms with Gasteiger partial charge >= 0.3 is 0 Å². The fourth-order valence-electron chi connectivity index (χ4n) is 2.31. The van der Waals surface area contributed by atoms with E-state index < -0.39 is 0 Å². The van der Waals surface area contributed by atoms with Crippen molar-refractivity contribution in [1.29, 1.82) is 0 Å². The van der Waals surface area contributed by atoms with Crippen LogP contribution in [0.25, 0.3) is 5.69 Å². The van der Waals surface area contributed by atoms with E-state index in [4.69, 9.17) is 0 Å². The average molecular weight is 272 g/mol. The molecule has 1 aliphatic rings. The molecule has 0 radical (unpaired) electrons. The van der Waals surface area contributed by atoms with E-state index in [0.717, 1.165) is 31.6 Å². The fourth-order valence-corrected chi connectivity index (χ4v) is 2.31. The van der Waals surface area contributed by atoms with Gasteiger partial charge in [0.2, 0.25) is 0 Å². The highest BCUT2D eigenvalue weighted by Crippen LogP contribution is 2.10. The minimum Gasteiger partial charge on any atom is -0.348 e. The van der Waals surface area contributed by atoms with Gasteiger partial charge in [0.1, 0.15) is 6.33 Å². The fraction of sp³-hybridized carbons (Fsp3) is 0.385. The summed E-state index contributed by atoms with van der Waals surface area (Å²) in [5.74, 6) is -0.0615. The van der Waals surface area contributed by atoms with E-state index in [-0.39, 0.29) is 11.9 Å². The molecule has 3 rings (SSSR count). The number of tetrazole rings is 1. The van der Waals surface area contributed by atoms with Crippen LogP contribution in [0.1, 0.15) is 23.2 Å². The van der Waals surface area contributed by atoms with Gasteiger partial charge in [-0.15, -0.1) is 5.10 Å². The van der Waals surface area contributed by atoms with Gasteiger partial charge in [0.15, 0.2) is 0 Å². The van der Waals surface area contributed by atoms with Crippen molar-refractivity contribution >= 4 is 5.91 Å². The lowest BCUT2D eigenvalue weighted by atomic mass is 10.1. The molecule has 0 bridgehead atoms. The van der Waals surface area contributed by atoms with Crippen LogP contribution in [0.4, 0.5) is 0 Å². The number of piperidine rings is 1. The van der Waals surface area contributed by atoms with E-state index in [2.05, 4.69) is 26.2 Å². The highest BCUT2D eigenvalue weighted by Gasteiger charge is 2.16. The number of carbonyl (C=O) groups is 1. The summed E-state index contributed by atoms with van der Waals surface area (Å²) in [5, 5.41) is 17.3. The van der Waals surface area contributed by atoms with Gasteiger partial charge in [-0.1, -0.05) is 6.07 Å². The van der Waals surface area contributed by atoms with Crippen LogP contribution in [0, 0.1) is 0 Å². The van der Waals surface area contributed by atoms with Crippen molar-refractivity contribution in [1.82, 2.24) is 30.8 Å². The maximum absolute atomic E-state index is 12.2. The minimum atomic E-state index is -0.0615. The maximum Gasteiger partial charge on any atom is 0.251 e. The van der Waals surface area contributed by atoms with Crippen LogP contribution < -0.4 is 10.6 Å². The number of carbonyl (C=O) groups excluding carboxylic acids is 1. The number of nitrogens with zero attached hydrogens (tertiary/aromatic N) is 4. The smallest absolute Gasteiger partial charge is 0.251 e. The standard InChI is InChI=1S/C13H16N6O/c20-13(16-11-4-2-6-14-8-11)10-3-1-5-12(7-10)19-9-15-17-18-19/h1,3,5,7,9,11,14H,2,4,6,8H2,(H,16,20)/t11-/m0/s1. The highest BCUT2D eigenvalue weighted by molar-refractivity contribution is 5.94. The lowest BCUT2D eigenvalue weighted by molar-refractivity contribution is 0.0930. The Kier molecular flexibility index (Phi) is 3.69. The van der Waals surface area contributed by atoms with E-state index in [9.17, 15) is 4.79 Å². The van der Waals surface area contributed by atoms with Crippen LogP contribution in [0.2, 0.25) is 0 Å². The number of benzene rings is 1. The summed E-state index contributed by atoms with van der Waals surface area (Å²) >= 11 is 0. The predicted molar refractivity (Wildman–Crippen MR) is 72.5 cm³/mol. The first-order chi connectivity index (χ1) is 9.83. The van der Waals surface area contributed by atoms with Crippen molar-refractivity contribution in [3.8, 4) is 5.69 Å². The summed E-state index contributed by atoms with van der Waals surface area (Å²) in [6.45, 7) is 1.86. The number of hydrogen-bond donors (Lipinski definition) is 2. The van der Waals surface area contributed by atoms with E-state index >= 15 is 0 Å². The van der Waals surface area contributed by atoms with Crippen LogP contribution in [0.5, 0.6) is 0 Å². The second-order valence-electron chi connectivity index (χ2n) is 4.82. The molecule has 1 aliphatic heterocycles. The largest absolute Gasteiger partial charge is 0.348 e. The Morgan fingerprint density at radius 3 is 3.15 bits per heavy atom. The first-order valence-electron chi connectivity index (χ1n) is 6.68. The van der Waals surface area contributed by atoms with Gasteiger partial charge in [-0.3, -0.25) is 4.79 Å². The molecule has 104 valence electrons. The Balaban J connectivity index is 1.73. The van der Waals surface area contributed by atoms with Gasteiger partial charge in [-0.2, -0.15) is 0 Å². The van der Waals surface area contributed by atoms with Gasteiger partial charge in [0.25, 0.3) is 5.91 Å². The number of rotatable bonds is 3. The van der Waals surface area contributed by atoms with Crippen LogP contribution >= 0.6 is 0 Å². The summed E-state index contributed by atoms with van der Waals surface area (Å²) in [7, 11) is 0. The van der Waals surface area contributed by atoms with Crippen molar-refractivity contribution in [3.63, 3.8) is 0 Å². The quantitative estimate of drug-likeness (QED) is 0.830. The van der Waals surface area contributed by atoms with E-state index in [1.165, 1.54) is 11.0 Å². The van der Waals surface area contributed by atoms with Crippen LogP contribution in [-0.2, 0) is 0 Å². The molecule has 2 N–H and O–H groups in total. The molecule has 0 spiro atoms. The summed E-state index contributed by atoms with van der Waals surface area (Å²) in [6.07, 6.45) is 3.61. The van der Waals surface area contributed by atoms with Crippen molar-refractivity contribution in [2.45, 2.75) is 18.9 Å². The lowest BCUT2D eigenvalue weighted by Gasteiger charge is -2.23. The van der Waals surface area contributed by atoms with E-state index in [1.54, 1.807) is 12.1 Å². The summed E-state index contributed by atoms with van der Waals surface area (Å²) < 4.78 is 1.53. The van der Waals surface area contributed by atoms with Crippen molar-refractivity contribution in [2.24, 2.45) is 0 Å². The van der Waals surface area contributed by atoms with Gasteiger partial charge in [0.05, 0.1) is 5.69 Å². The Hall–Kier alpha value is -2.28. The monoisotopic (exact) mass is 272 g/mol. The lowest BCUT2D eigenvalue weighted by Crippen LogP contribution is -2.45. The SMILES string of the molecule is O=C(N[C@H]1CCCNC1)c1cccc(-n2cnnn2)c1. The molecule has 1 fully saturated rings. The predicted octanol–water partition coefficient (Wildman–Crippen LogP) is 0.144. The summed E-state index contributed by atoms with van der Waals surface area (Å²) in [4.78, 5) is 12.2. The second-order valence-corrected chi connectivity index (χ2v) is 4.82. The van der Waals surface area contributed by atoms with Crippen molar-refractivity contribution in [2.75, 3.05) is 13.1 Å². The molecule has 0 aliphatic carbocycles. The number of hydrogen-bond acceptors (Lipinski definition) is 5. The Bertz CT molecular complexity index is 576. The molecule has 7 heteroatoms. The normalized spacial score (nSPS) is 18.7. The van der Waals surface area contributed by atoms with Crippen LogP contribution in [-0.4, -0.2) is 45.2 Å². The third kappa shape index (κ3) is 2.83. The maximum atomic E-state index is 12.2. The molecule has 2 aromatic rings. The number of amides is 1. The van der Waals surface area contributed by atoms with Gasteiger partial charge in [-0.05, 0) is 48.0 Å². The Morgan fingerprint density at radius 1 is 1.45 bits per heavy atom. The zero-order valence-corrected chi connectivity index (χ0v) is 11.0. The van der Waals surface area contributed by atoms with Gasteiger partial charge in [0, 0.05) is 18.2 Å². The molecule has 7 nitrogen and oxygen atoms in total. The third-order valence-electron chi connectivity index (χ3n) is 3.35. The molecule has 0 saturated carbocycles.